The molecule has 0 amide bonds. The highest BCUT2D eigenvalue weighted by Crippen LogP contribution is 2.55. The van der Waals surface area contributed by atoms with Crippen LogP contribution in [0.15, 0.2) is 461 Å². The van der Waals surface area contributed by atoms with Crippen LogP contribution in [-0.2, 0) is 81.9 Å². The molecule has 0 fully saturated rings. The molecule has 8 nitrogen and oxygen atoms in total. The highest BCUT2D eigenvalue weighted by molar-refractivity contribution is 6.12. The first-order valence-electron chi connectivity index (χ1n) is 51.5. The van der Waals surface area contributed by atoms with E-state index in [1.165, 1.54) is 194 Å². The van der Waals surface area contributed by atoms with Crippen molar-refractivity contribution in [2.75, 3.05) is 9.80 Å². The number of nitrogens with zero attached hydrogens (tertiary/aromatic N) is 4. The largest absolute Gasteiger partial charge is 0.368 e. The van der Waals surface area contributed by atoms with E-state index in [1.807, 2.05) is 0 Å². The summed E-state index contributed by atoms with van der Waals surface area (Å²) in [5, 5.41) is 4.90. The highest BCUT2D eigenvalue weighted by Gasteiger charge is 2.40. The van der Waals surface area contributed by atoms with Crippen molar-refractivity contribution in [3.63, 3.8) is 0 Å². The van der Waals surface area contributed by atoms with Crippen LogP contribution in [0, 0.1) is 0 Å². The predicted molar refractivity (Wildman–Crippen MR) is 599 cm³/mol. The fraction of sp³-hybridized carbons (Fsp3) is 0.130. The molecule has 0 bridgehead atoms. The van der Waals surface area contributed by atoms with Crippen molar-refractivity contribution in [1.29, 1.82) is 0 Å². The van der Waals surface area contributed by atoms with Crippen LogP contribution in [0.3, 0.4) is 0 Å². The van der Waals surface area contributed by atoms with Crippen LogP contribution in [0.2, 0.25) is 0 Å². The molecule has 0 N–H and O–H groups in total. The Morgan fingerprint density at radius 3 is 0.918 bits per heavy atom. The van der Waals surface area contributed by atoms with Gasteiger partial charge in [-0.15, -0.1) is 0 Å². The van der Waals surface area contributed by atoms with E-state index in [2.05, 4.69) is 508 Å². The van der Waals surface area contributed by atoms with Gasteiger partial charge in [-0.1, -0.05) is 349 Å². The van der Waals surface area contributed by atoms with Crippen LogP contribution >= 0.6 is 0 Å². The van der Waals surface area contributed by atoms with Crippen LogP contribution in [0.1, 0.15) is 141 Å². The van der Waals surface area contributed by atoms with E-state index in [0.717, 1.165) is 76.7 Å². The first kappa shape index (κ1) is 88.4. The zero-order valence-electron chi connectivity index (χ0n) is 82.3. The van der Waals surface area contributed by atoms with Crippen molar-refractivity contribution < 1.29 is 18.9 Å². The molecule has 6 aliphatic rings. The third-order valence-electron chi connectivity index (χ3n) is 32.1. The number of benzene rings is 20. The maximum atomic E-state index is 6.56. The van der Waals surface area contributed by atoms with Gasteiger partial charge in [-0.25, -0.2) is 0 Å². The maximum Gasteiger partial charge on any atom is 0.0872 e. The minimum atomic E-state index is -0.199. The summed E-state index contributed by atoms with van der Waals surface area (Å²) < 4.78 is 30.6. The minimum absolute atomic E-state index is 0.117. The third kappa shape index (κ3) is 15.8. The van der Waals surface area contributed by atoms with E-state index in [0.29, 0.717) is 26.4 Å². The van der Waals surface area contributed by atoms with Gasteiger partial charge in [-0.3, -0.25) is 0 Å². The fourth-order valence-corrected chi connectivity index (χ4v) is 24.0. The van der Waals surface area contributed by atoms with E-state index in [1.54, 1.807) is 0 Å². The summed E-state index contributed by atoms with van der Waals surface area (Å²) in [6, 6.07) is 169. The van der Waals surface area contributed by atoms with Gasteiger partial charge in [0.05, 0.1) is 72.9 Å². The molecule has 22 aromatic rings. The van der Waals surface area contributed by atoms with E-state index in [9.17, 15) is 0 Å². The average molecular weight is 1890 g/mol. The molecule has 2 aromatic heterocycles. The van der Waals surface area contributed by atoms with Crippen LogP contribution < -0.4 is 9.80 Å². The van der Waals surface area contributed by atoms with Gasteiger partial charge >= 0.3 is 0 Å². The number of aromatic nitrogens is 2. The average Bonchev–Trinajstić information content (AvgIpc) is 1.57. The number of para-hydroxylation sites is 1. The molecule has 4 atom stereocenters. The summed E-state index contributed by atoms with van der Waals surface area (Å²) in [7, 11) is 0. The molecular formula is C138H108N4O4. The molecule has 28 rings (SSSR count). The standard InChI is InChI=1S/2C69H54N2O2/c1-69(2)63-19-11-10-18-59(63)60-35-34-56(42-64(60)69)70(53-30-23-48(24-31-53)47-12-4-3-5-13-47)54-32-25-49(26-33-54)50-27-37-66-62(39-50)61-38-46(44-73-68-41-52-15-7-9-17-58(52)68)22-36-65(61)71(66)55-28-20-45(21-29-55)43-72-67-40-51-14-6-8-16-57(51)67;1-69(2)63-38-46(44-73-68-41-52-15-7-9-17-58(52)68)22-35-59(63)60-36-34-56(42-64(60)69)70(53-30-23-48(24-31-53)47-12-4-3-5-13-47)54-32-25-49(26-33-54)50-27-37-66-62(39-50)61-18-10-11-19-65(61)71(66)55-28-20-45(21-29-55)43-72-67-40-51-14-6-8-16-57(51)67/h2*3-39,42,67-68H,40-41,43-44H2,1-2H3. The van der Waals surface area contributed by atoms with Gasteiger partial charge in [-0.2, -0.15) is 0 Å². The second-order valence-electron chi connectivity index (χ2n) is 41.4. The Morgan fingerprint density at radius 1 is 0.212 bits per heavy atom. The van der Waals surface area contributed by atoms with Crippen LogP contribution in [0.25, 0.3) is 122 Å². The van der Waals surface area contributed by atoms with Crippen molar-refractivity contribution in [3.8, 4) is 78.1 Å². The first-order chi connectivity index (χ1) is 71.8. The van der Waals surface area contributed by atoms with Crippen LogP contribution in [-0.4, -0.2) is 9.13 Å². The normalized spacial score (nSPS) is 15.8. The molecule has 0 aliphatic heterocycles. The smallest absolute Gasteiger partial charge is 0.0872 e. The van der Waals surface area contributed by atoms with Gasteiger partial charge in [0.25, 0.3) is 0 Å². The first-order valence-corrected chi connectivity index (χ1v) is 51.5. The SMILES string of the molecule is CC1(C)c2cc(COC3Cc4ccccc43)ccc2-c2ccc(N(c3ccc(-c4ccccc4)cc3)c3ccc(-c4ccc5c(c4)c4ccccc4n5-c4ccc(COC5Cc6ccccc65)cc4)cc3)cc21.CC1(C)c2ccccc2-c2ccc(N(c3ccc(-c4ccccc4)cc3)c3ccc(-c4ccc5c(c4)c4cc(COC6Cc7ccccc76)ccc4n5-c4ccc(COC5Cc6ccccc65)cc4)cc3)cc21. The van der Waals surface area contributed by atoms with Crippen molar-refractivity contribution in [1.82, 2.24) is 9.13 Å². The highest BCUT2D eigenvalue weighted by atomic mass is 16.5. The summed E-state index contributed by atoms with van der Waals surface area (Å²) in [6.45, 7) is 11.8. The van der Waals surface area contributed by atoms with Crippen molar-refractivity contribution in [3.05, 3.63) is 550 Å². The molecule has 0 spiro atoms. The predicted octanol–water partition coefficient (Wildman–Crippen LogP) is 35.0. The van der Waals surface area contributed by atoms with Crippen molar-refractivity contribution in [2.45, 2.75) is 115 Å². The molecule has 146 heavy (non-hydrogen) atoms. The second kappa shape index (κ2) is 36.4. The topological polar surface area (TPSA) is 53.3 Å². The van der Waals surface area contributed by atoms with E-state index in [-0.39, 0.29) is 35.2 Å². The van der Waals surface area contributed by atoms with E-state index < -0.39 is 0 Å². The third-order valence-corrected chi connectivity index (χ3v) is 32.1. The molecule has 8 heteroatoms. The quantitative estimate of drug-likeness (QED) is 0.0601. The lowest BCUT2D eigenvalue weighted by molar-refractivity contribution is 0.0243. The molecule has 20 aromatic carbocycles. The Balaban J connectivity index is 0.000000145. The summed E-state index contributed by atoms with van der Waals surface area (Å²) in [5.74, 6) is 0. The second-order valence-corrected chi connectivity index (χ2v) is 41.4. The number of ether oxygens (including phenoxy) is 4. The van der Waals surface area contributed by atoms with Crippen LogP contribution in [0.5, 0.6) is 0 Å². The minimum Gasteiger partial charge on any atom is -0.368 e. The fourth-order valence-electron chi connectivity index (χ4n) is 24.0. The lowest BCUT2D eigenvalue weighted by Crippen LogP contribution is -2.20. The summed E-state index contributed by atoms with van der Waals surface area (Å²) >= 11 is 0. The number of anilines is 6. The van der Waals surface area contributed by atoms with Gasteiger partial charge in [0.2, 0.25) is 0 Å². The Labute approximate surface area is 852 Å². The van der Waals surface area contributed by atoms with Gasteiger partial charge in [0.15, 0.2) is 0 Å². The number of hydrogen-bond donors (Lipinski definition) is 0. The van der Waals surface area contributed by atoms with Gasteiger partial charge in [-0.05, 0) is 295 Å². The van der Waals surface area contributed by atoms with Gasteiger partial charge < -0.3 is 37.9 Å². The molecule has 6 aliphatic carbocycles. The van der Waals surface area contributed by atoms with Crippen molar-refractivity contribution >= 4 is 77.7 Å². The molecule has 0 saturated carbocycles. The van der Waals surface area contributed by atoms with Gasteiger partial charge in [0, 0.05) is 104 Å². The molecule has 704 valence electrons. The van der Waals surface area contributed by atoms with E-state index >= 15 is 0 Å². The molecule has 0 radical (unpaired) electrons. The van der Waals surface area contributed by atoms with Crippen molar-refractivity contribution in [2.24, 2.45) is 0 Å². The Hall–Kier alpha value is -16.6. The van der Waals surface area contributed by atoms with E-state index in [4.69, 9.17) is 18.9 Å². The molecule has 0 saturated heterocycles. The zero-order valence-corrected chi connectivity index (χ0v) is 82.3. The lowest BCUT2D eigenvalue weighted by atomic mass is 9.81. The van der Waals surface area contributed by atoms with Gasteiger partial charge in [0.1, 0.15) is 0 Å². The Kier molecular flexibility index (Phi) is 22.0. The Bertz CT molecular complexity index is 8800. The lowest BCUT2D eigenvalue weighted by Gasteiger charge is -2.30. The molecule has 4 unspecified atom stereocenters. The summed E-state index contributed by atoms with van der Waals surface area (Å²) in [6.07, 6.45) is 4.59. The molecule has 2 heterocycles. The number of rotatable bonds is 24. The number of hydrogen-bond acceptors (Lipinski definition) is 6. The molecular weight excluding hydrogens is 1780 g/mol. The maximum absolute atomic E-state index is 6.56. The Morgan fingerprint density at radius 2 is 0.493 bits per heavy atom. The number of fused-ring (bicyclic) bond motifs is 16. The monoisotopic (exact) mass is 1880 g/mol. The summed E-state index contributed by atoms with van der Waals surface area (Å²) in [5.41, 5.74) is 49.2. The zero-order chi connectivity index (χ0) is 97.2. The van der Waals surface area contributed by atoms with Crippen LogP contribution in [0.4, 0.5) is 34.1 Å². The summed E-state index contributed by atoms with van der Waals surface area (Å²) in [4.78, 5) is 4.82.